The molecule has 0 aromatic heterocycles. The van der Waals surface area contributed by atoms with Gasteiger partial charge in [-0.1, -0.05) is 24.1 Å². The van der Waals surface area contributed by atoms with Crippen LogP contribution in [0.5, 0.6) is 5.75 Å². The van der Waals surface area contributed by atoms with E-state index in [4.69, 9.17) is 22.1 Å². The molecule has 0 bridgehead atoms. The van der Waals surface area contributed by atoms with Crippen LogP contribution >= 0.6 is 11.6 Å². The molecule has 2 fully saturated rings. The molecule has 2 aliphatic rings. The minimum Gasteiger partial charge on any atom is -0.489 e. The summed E-state index contributed by atoms with van der Waals surface area (Å²) in [7, 11) is 0. The summed E-state index contributed by atoms with van der Waals surface area (Å²) in [6.07, 6.45) is 8.86. The Hall–Kier alpha value is -0.730. The summed E-state index contributed by atoms with van der Waals surface area (Å²) in [4.78, 5) is 0. The van der Waals surface area contributed by atoms with Gasteiger partial charge in [0.05, 0.1) is 11.1 Å². The second-order valence-electron chi connectivity index (χ2n) is 6.01. The summed E-state index contributed by atoms with van der Waals surface area (Å²) in [5.74, 6) is 0.837. The van der Waals surface area contributed by atoms with Gasteiger partial charge in [0.15, 0.2) is 0 Å². The number of hydrogen-bond donors (Lipinski definition) is 1. The Balaban J connectivity index is 1.77. The number of benzene rings is 1. The predicted molar refractivity (Wildman–Crippen MR) is 78.9 cm³/mol. The lowest BCUT2D eigenvalue weighted by Crippen LogP contribution is -2.41. The molecule has 0 unspecified atom stereocenters. The number of rotatable bonds is 4. The predicted octanol–water partition coefficient (Wildman–Crippen LogP) is 4.04. The van der Waals surface area contributed by atoms with E-state index in [0.717, 1.165) is 23.6 Å². The third-order valence-corrected chi connectivity index (χ3v) is 5.14. The average Bonchev–Trinajstić information content (AvgIpc) is 2.85. The first kappa shape index (κ1) is 13.3. The van der Waals surface area contributed by atoms with Crippen molar-refractivity contribution >= 4 is 11.6 Å². The van der Waals surface area contributed by atoms with Crippen LogP contribution in [0.4, 0.5) is 0 Å². The van der Waals surface area contributed by atoms with Crippen LogP contribution in [0.25, 0.3) is 0 Å². The highest BCUT2D eigenvalue weighted by molar-refractivity contribution is 6.32. The summed E-state index contributed by atoms with van der Waals surface area (Å²) >= 11 is 6.39. The van der Waals surface area contributed by atoms with E-state index in [1.165, 1.54) is 37.7 Å². The molecule has 0 saturated heterocycles. The van der Waals surface area contributed by atoms with Crippen molar-refractivity contribution in [3.63, 3.8) is 0 Å². The van der Waals surface area contributed by atoms with Gasteiger partial charge in [-0.3, -0.25) is 0 Å². The molecule has 0 radical (unpaired) electrons. The van der Waals surface area contributed by atoms with E-state index in [0.29, 0.717) is 12.6 Å². The number of hydrogen-bond acceptors (Lipinski definition) is 2. The van der Waals surface area contributed by atoms with Gasteiger partial charge in [-0.05, 0) is 56.2 Å². The van der Waals surface area contributed by atoms with Crippen LogP contribution in [0.1, 0.15) is 50.5 Å². The highest BCUT2D eigenvalue weighted by atomic mass is 35.5. The molecule has 0 heterocycles. The van der Waals surface area contributed by atoms with Gasteiger partial charge < -0.3 is 10.5 Å². The largest absolute Gasteiger partial charge is 0.489 e. The van der Waals surface area contributed by atoms with Crippen LogP contribution in [0.2, 0.25) is 5.02 Å². The zero-order valence-corrected chi connectivity index (χ0v) is 12.1. The lowest BCUT2D eigenvalue weighted by Gasteiger charge is -2.41. The molecule has 2 N–H and O–H groups in total. The van der Waals surface area contributed by atoms with Crippen molar-refractivity contribution in [1.82, 2.24) is 0 Å². The third kappa shape index (κ3) is 2.48. The zero-order chi connectivity index (χ0) is 13.3. The van der Waals surface area contributed by atoms with Gasteiger partial charge in [-0.25, -0.2) is 0 Å². The van der Waals surface area contributed by atoms with Gasteiger partial charge in [-0.2, -0.15) is 0 Å². The quantitative estimate of drug-likeness (QED) is 0.903. The molecule has 3 heteroatoms. The molecule has 3 rings (SSSR count). The Morgan fingerprint density at radius 1 is 1.21 bits per heavy atom. The van der Waals surface area contributed by atoms with Gasteiger partial charge in [0, 0.05) is 12.0 Å². The second-order valence-corrected chi connectivity index (χ2v) is 6.41. The zero-order valence-electron chi connectivity index (χ0n) is 11.3. The van der Waals surface area contributed by atoms with E-state index in [1.807, 2.05) is 6.07 Å². The summed E-state index contributed by atoms with van der Waals surface area (Å²) in [6, 6.07) is 6.26. The fourth-order valence-electron chi connectivity index (χ4n) is 3.33. The maximum atomic E-state index is 6.39. The van der Waals surface area contributed by atoms with Crippen LogP contribution in [0, 0.1) is 0 Å². The first-order chi connectivity index (χ1) is 9.23. The molecular weight excluding hydrogens is 258 g/mol. The van der Waals surface area contributed by atoms with Crippen molar-refractivity contribution in [3.8, 4) is 5.75 Å². The van der Waals surface area contributed by atoms with Gasteiger partial charge in [0.1, 0.15) is 5.75 Å². The van der Waals surface area contributed by atoms with E-state index in [9.17, 15) is 0 Å². The van der Waals surface area contributed by atoms with E-state index in [2.05, 4.69) is 12.1 Å². The van der Waals surface area contributed by atoms with Crippen molar-refractivity contribution in [1.29, 1.82) is 0 Å². The number of ether oxygens (including phenoxy) is 1. The van der Waals surface area contributed by atoms with Gasteiger partial charge >= 0.3 is 0 Å². The molecule has 1 aromatic rings. The van der Waals surface area contributed by atoms with E-state index >= 15 is 0 Å². The molecule has 104 valence electrons. The standard InChI is InChI=1S/C16H22ClNO/c17-14-10-12(16(11-18)8-3-9-16)6-7-15(14)19-13-4-1-2-5-13/h6-7,10,13H,1-5,8-9,11,18H2. The lowest BCUT2D eigenvalue weighted by atomic mass is 9.64. The average molecular weight is 280 g/mol. The van der Waals surface area contributed by atoms with Crippen molar-refractivity contribution < 1.29 is 4.74 Å². The molecule has 2 saturated carbocycles. The highest BCUT2D eigenvalue weighted by Crippen LogP contribution is 2.44. The minimum atomic E-state index is 0.176. The second kappa shape index (κ2) is 5.34. The Morgan fingerprint density at radius 2 is 1.95 bits per heavy atom. The molecule has 0 spiro atoms. The van der Waals surface area contributed by atoms with Crippen molar-refractivity contribution in [2.75, 3.05) is 6.54 Å². The molecule has 0 amide bonds. The van der Waals surface area contributed by atoms with Crippen LogP contribution in [0.3, 0.4) is 0 Å². The summed E-state index contributed by atoms with van der Waals surface area (Å²) in [5.41, 5.74) is 7.41. The molecule has 1 aromatic carbocycles. The lowest BCUT2D eigenvalue weighted by molar-refractivity contribution is 0.209. The third-order valence-electron chi connectivity index (χ3n) is 4.84. The van der Waals surface area contributed by atoms with Crippen molar-refractivity contribution in [2.45, 2.75) is 56.5 Å². The molecule has 2 nitrogen and oxygen atoms in total. The SMILES string of the molecule is NCC1(c2ccc(OC3CCCC3)c(Cl)c2)CCC1. The van der Waals surface area contributed by atoms with Crippen LogP contribution in [-0.4, -0.2) is 12.6 Å². The fourth-order valence-corrected chi connectivity index (χ4v) is 3.55. The molecule has 0 atom stereocenters. The Kier molecular flexibility index (Phi) is 3.72. The Bertz CT molecular complexity index is 445. The van der Waals surface area contributed by atoms with Crippen molar-refractivity contribution in [2.24, 2.45) is 5.73 Å². The summed E-state index contributed by atoms with van der Waals surface area (Å²) < 4.78 is 6.00. The van der Waals surface area contributed by atoms with Crippen molar-refractivity contribution in [3.05, 3.63) is 28.8 Å². The van der Waals surface area contributed by atoms with E-state index in [-0.39, 0.29) is 5.41 Å². The minimum absolute atomic E-state index is 0.176. The van der Waals surface area contributed by atoms with Gasteiger partial charge in [0.25, 0.3) is 0 Å². The molecular formula is C16H22ClNO. The number of halogens is 1. The summed E-state index contributed by atoms with van der Waals surface area (Å²) in [5, 5.41) is 0.740. The smallest absolute Gasteiger partial charge is 0.138 e. The van der Waals surface area contributed by atoms with E-state index < -0.39 is 0 Å². The maximum absolute atomic E-state index is 6.39. The highest BCUT2D eigenvalue weighted by Gasteiger charge is 2.37. The number of nitrogens with two attached hydrogens (primary N) is 1. The Labute approximate surface area is 120 Å². The monoisotopic (exact) mass is 279 g/mol. The van der Waals surface area contributed by atoms with E-state index in [1.54, 1.807) is 0 Å². The maximum Gasteiger partial charge on any atom is 0.138 e. The van der Waals surface area contributed by atoms with Crippen LogP contribution in [-0.2, 0) is 5.41 Å². The molecule has 0 aliphatic heterocycles. The first-order valence-corrected chi connectivity index (χ1v) is 7.78. The summed E-state index contributed by atoms with van der Waals surface area (Å²) in [6.45, 7) is 0.714. The van der Waals surface area contributed by atoms with Gasteiger partial charge in [-0.15, -0.1) is 0 Å². The normalized spacial score (nSPS) is 22.2. The molecule has 19 heavy (non-hydrogen) atoms. The van der Waals surface area contributed by atoms with Gasteiger partial charge in [0.2, 0.25) is 0 Å². The molecule has 2 aliphatic carbocycles. The fraction of sp³-hybridized carbons (Fsp3) is 0.625. The topological polar surface area (TPSA) is 35.2 Å². The Morgan fingerprint density at radius 3 is 2.47 bits per heavy atom. The first-order valence-electron chi connectivity index (χ1n) is 7.40. The van der Waals surface area contributed by atoms with Crippen LogP contribution in [0.15, 0.2) is 18.2 Å². The van der Waals surface area contributed by atoms with Crippen LogP contribution < -0.4 is 10.5 Å².